The van der Waals surface area contributed by atoms with E-state index in [-0.39, 0.29) is 28.2 Å². The minimum absolute atomic E-state index is 0.140. The van der Waals surface area contributed by atoms with Gasteiger partial charge in [-0.25, -0.2) is 13.6 Å². The molecule has 1 aliphatic heterocycles. The number of morpholine rings is 1. The molecule has 1 aliphatic rings. The molecule has 1 saturated heterocycles. The summed E-state index contributed by atoms with van der Waals surface area (Å²) < 4.78 is 34.3. The first-order valence-electron chi connectivity index (χ1n) is 8.17. The van der Waals surface area contributed by atoms with Crippen molar-refractivity contribution in [2.75, 3.05) is 26.8 Å². The summed E-state index contributed by atoms with van der Waals surface area (Å²) in [6, 6.07) is 11.2. The normalized spacial score (nSPS) is 17.6. The molecule has 0 aliphatic carbocycles. The summed E-state index contributed by atoms with van der Waals surface area (Å²) in [7, 11) is -2.52. The quantitative estimate of drug-likeness (QED) is 0.833. The fourth-order valence-corrected chi connectivity index (χ4v) is 3.58. The lowest BCUT2D eigenvalue weighted by Crippen LogP contribution is -2.42. The van der Waals surface area contributed by atoms with E-state index in [0.717, 1.165) is 5.56 Å². The SMILES string of the molecule is COc1ccc(S(N)(=O)=O)cc1C(=O)N1CCOC(c2ccc(Cl)cc2)C1. The number of benzene rings is 2. The fraction of sp³-hybridized carbons (Fsp3) is 0.278. The van der Waals surface area contributed by atoms with Crippen LogP contribution >= 0.6 is 11.6 Å². The first-order chi connectivity index (χ1) is 12.8. The van der Waals surface area contributed by atoms with Crippen LogP contribution in [-0.2, 0) is 14.8 Å². The Labute approximate surface area is 162 Å². The van der Waals surface area contributed by atoms with E-state index in [1.807, 2.05) is 12.1 Å². The van der Waals surface area contributed by atoms with Crippen LogP contribution in [0, 0.1) is 0 Å². The maximum Gasteiger partial charge on any atom is 0.257 e. The Hall–Kier alpha value is -2.13. The van der Waals surface area contributed by atoms with Crippen molar-refractivity contribution in [3.8, 4) is 5.75 Å². The molecule has 0 spiro atoms. The van der Waals surface area contributed by atoms with E-state index in [2.05, 4.69) is 0 Å². The van der Waals surface area contributed by atoms with Crippen molar-refractivity contribution in [3.63, 3.8) is 0 Å². The molecule has 0 bridgehead atoms. The van der Waals surface area contributed by atoms with E-state index in [4.69, 9.17) is 26.2 Å². The van der Waals surface area contributed by atoms with Crippen molar-refractivity contribution in [2.45, 2.75) is 11.0 Å². The zero-order chi connectivity index (χ0) is 19.6. The summed E-state index contributed by atoms with van der Waals surface area (Å²) in [6.07, 6.45) is -0.299. The zero-order valence-corrected chi connectivity index (χ0v) is 16.2. The molecule has 2 aromatic carbocycles. The standard InChI is InChI=1S/C18H19ClN2O5S/c1-25-16-7-6-14(27(20,23)24)10-15(16)18(22)21-8-9-26-17(11-21)12-2-4-13(19)5-3-12/h2-7,10,17H,8-9,11H2,1H3,(H2,20,23,24). The average Bonchev–Trinajstić information content (AvgIpc) is 2.67. The van der Waals surface area contributed by atoms with Gasteiger partial charge in [0, 0.05) is 11.6 Å². The van der Waals surface area contributed by atoms with Crippen LogP contribution in [0.5, 0.6) is 5.75 Å². The topological polar surface area (TPSA) is 98.9 Å². The van der Waals surface area contributed by atoms with Gasteiger partial charge in [-0.15, -0.1) is 0 Å². The number of hydrogen-bond acceptors (Lipinski definition) is 5. The smallest absolute Gasteiger partial charge is 0.257 e. The maximum atomic E-state index is 13.0. The Morgan fingerprint density at radius 3 is 2.59 bits per heavy atom. The van der Waals surface area contributed by atoms with Crippen LogP contribution in [0.1, 0.15) is 22.0 Å². The molecule has 1 heterocycles. The number of hydrogen-bond donors (Lipinski definition) is 1. The summed E-state index contributed by atoms with van der Waals surface area (Å²) >= 11 is 5.92. The van der Waals surface area contributed by atoms with Crippen LogP contribution in [-0.4, -0.2) is 46.0 Å². The number of carbonyl (C=O) groups is 1. The van der Waals surface area contributed by atoms with E-state index in [0.29, 0.717) is 24.7 Å². The van der Waals surface area contributed by atoms with Crippen LogP contribution in [0.4, 0.5) is 0 Å². The third-order valence-corrected chi connectivity index (χ3v) is 5.49. The predicted octanol–water partition coefficient (Wildman–Crippen LogP) is 2.21. The number of carbonyl (C=O) groups excluding carboxylic acids is 1. The second kappa shape index (κ2) is 7.85. The number of sulfonamides is 1. The van der Waals surface area contributed by atoms with Crippen LogP contribution < -0.4 is 9.88 Å². The second-order valence-corrected chi connectivity index (χ2v) is 8.07. The molecular weight excluding hydrogens is 392 g/mol. The number of ether oxygens (including phenoxy) is 2. The van der Waals surface area contributed by atoms with Gasteiger partial charge < -0.3 is 14.4 Å². The van der Waals surface area contributed by atoms with Crippen LogP contribution in [0.25, 0.3) is 0 Å². The van der Waals surface area contributed by atoms with E-state index in [1.54, 1.807) is 17.0 Å². The van der Waals surface area contributed by atoms with Gasteiger partial charge in [-0.1, -0.05) is 23.7 Å². The van der Waals surface area contributed by atoms with Gasteiger partial charge in [0.1, 0.15) is 11.9 Å². The molecule has 27 heavy (non-hydrogen) atoms. The lowest BCUT2D eigenvalue weighted by atomic mass is 10.1. The van der Waals surface area contributed by atoms with Crippen LogP contribution in [0.2, 0.25) is 5.02 Å². The minimum Gasteiger partial charge on any atom is -0.496 e. The molecule has 1 fully saturated rings. The minimum atomic E-state index is -3.94. The number of nitrogens with zero attached hydrogens (tertiary/aromatic N) is 1. The fourth-order valence-electron chi connectivity index (χ4n) is 2.91. The van der Waals surface area contributed by atoms with Crippen molar-refractivity contribution in [1.82, 2.24) is 4.90 Å². The van der Waals surface area contributed by atoms with Gasteiger partial charge in [-0.05, 0) is 35.9 Å². The number of nitrogens with two attached hydrogens (primary N) is 1. The van der Waals surface area contributed by atoms with Gasteiger partial charge in [0.25, 0.3) is 5.91 Å². The summed E-state index contributed by atoms with van der Waals surface area (Å²) in [5, 5.41) is 5.80. The highest BCUT2D eigenvalue weighted by Crippen LogP contribution is 2.28. The summed E-state index contributed by atoms with van der Waals surface area (Å²) in [6.45, 7) is 1.06. The van der Waals surface area contributed by atoms with Crippen molar-refractivity contribution < 1.29 is 22.7 Å². The number of primary sulfonamides is 1. The van der Waals surface area contributed by atoms with Gasteiger partial charge >= 0.3 is 0 Å². The Bertz CT molecular complexity index is 947. The Morgan fingerprint density at radius 1 is 1.26 bits per heavy atom. The van der Waals surface area contributed by atoms with Gasteiger partial charge in [-0.3, -0.25) is 4.79 Å². The molecule has 9 heteroatoms. The molecule has 1 amide bonds. The van der Waals surface area contributed by atoms with E-state index in [9.17, 15) is 13.2 Å². The molecular formula is C18H19ClN2O5S. The monoisotopic (exact) mass is 410 g/mol. The van der Waals surface area contributed by atoms with Gasteiger partial charge in [0.05, 0.1) is 30.7 Å². The third-order valence-electron chi connectivity index (χ3n) is 4.33. The zero-order valence-electron chi connectivity index (χ0n) is 14.6. The van der Waals surface area contributed by atoms with Crippen LogP contribution in [0.15, 0.2) is 47.4 Å². The predicted molar refractivity (Wildman–Crippen MR) is 100 cm³/mol. The highest BCUT2D eigenvalue weighted by Gasteiger charge is 2.28. The van der Waals surface area contributed by atoms with Crippen LogP contribution in [0.3, 0.4) is 0 Å². The summed E-state index contributed by atoms with van der Waals surface area (Å²) in [4.78, 5) is 14.5. The first kappa shape index (κ1) is 19.6. The molecule has 1 atom stereocenters. The van der Waals surface area contributed by atoms with E-state index >= 15 is 0 Å². The molecule has 3 rings (SSSR count). The molecule has 7 nitrogen and oxygen atoms in total. The van der Waals surface area contributed by atoms with Crippen molar-refractivity contribution in [3.05, 3.63) is 58.6 Å². The Balaban J connectivity index is 1.87. The third kappa shape index (κ3) is 4.41. The Kier molecular flexibility index (Phi) is 5.71. The first-order valence-corrected chi connectivity index (χ1v) is 10.1. The molecule has 144 valence electrons. The molecule has 2 aromatic rings. The van der Waals surface area contributed by atoms with Gasteiger partial charge in [0.15, 0.2) is 0 Å². The molecule has 0 saturated carbocycles. The van der Waals surface area contributed by atoms with Gasteiger partial charge in [-0.2, -0.15) is 0 Å². The number of rotatable bonds is 4. The van der Waals surface area contributed by atoms with Gasteiger partial charge in [0.2, 0.25) is 10.0 Å². The molecule has 0 radical (unpaired) electrons. The van der Waals surface area contributed by atoms with Crippen molar-refractivity contribution in [1.29, 1.82) is 0 Å². The molecule has 1 unspecified atom stereocenters. The van der Waals surface area contributed by atoms with E-state index < -0.39 is 10.0 Å². The largest absolute Gasteiger partial charge is 0.496 e. The summed E-state index contributed by atoms with van der Waals surface area (Å²) in [5.74, 6) is -0.0680. The lowest BCUT2D eigenvalue weighted by molar-refractivity contribution is -0.0229. The maximum absolute atomic E-state index is 13.0. The van der Waals surface area contributed by atoms with Crippen molar-refractivity contribution >= 4 is 27.5 Å². The van der Waals surface area contributed by atoms with E-state index in [1.165, 1.54) is 25.3 Å². The number of methoxy groups -OCH3 is 1. The number of halogens is 1. The van der Waals surface area contributed by atoms with Crippen molar-refractivity contribution in [2.24, 2.45) is 5.14 Å². The lowest BCUT2D eigenvalue weighted by Gasteiger charge is -2.33. The Morgan fingerprint density at radius 2 is 1.96 bits per heavy atom. The summed E-state index contributed by atoms with van der Waals surface area (Å²) in [5.41, 5.74) is 1.04. The number of amides is 1. The highest BCUT2D eigenvalue weighted by molar-refractivity contribution is 7.89. The highest BCUT2D eigenvalue weighted by atomic mass is 35.5. The molecule has 0 aromatic heterocycles. The molecule has 2 N–H and O–H groups in total. The second-order valence-electron chi connectivity index (χ2n) is 6.07. The average molecular weight is 411 g/mol.